The van der Waals surface area contributed by atoms with Crippen molar-refractivity contribution in [3.05, 3.63) is 0 Å². The molecule has 0 aliphatic carbocycles. The maximum Gasteiger partial charge on any atom is 0.308 e. The molecule has 0 unspecified atom stereocenters. The van der Waals surface area contributed by atoms with Crippen LogP contribution < -0.4 is 0 Å². The Morgan fingerprint density at radius 2 is 0.796 bits per heavy atom. The first-order valence-electron chi connectivity index (χ1n) is 23.4. The van der Waals surface area contributed by atoms with E-state index in [1.165, 1.54) is 128 Å². The lowest BCUT2D eigenvalue weighted by Gasteiger charge is -2.21. The van der Waals surface area contributed by atoms with Gasteiger partial charge in [-0.25, -0.2) is 0 Å². The van der Waals surface area contributed by atoms with E-state index < -0.39 is 0 Å². The van der Waals surface area contributed by atoms with Crippen molar-refractivity contribution >= 4 is 11.9 Å². The highest BCUT2D eigenvalue weighted by atomic mass is 16.6. The number of carbonyl (C=O) groups excluding carboxylic acids is 2. The molecule has 8 heteroatoms. The number of unbranched alkanes of at least 4 members (excludes halogenated alkanes) is 20. The third kappa shape index (κ3) is 29.1. The number of aliphatic hydroxyl groups is 1. The summed E-state index contributed by atoms with van der Waals surface area (Å²) in [6, 6.07) is 0. The summed E-state index contributed by atoms with van der Waals surface area (Å²) >= 11 is 0. The first-order valence-corrected chi connectivity index (χ1v) is 23.4. The normalized spacial score (nSPS) is 16.2. The summed E-state index contributed by atoms with van der Waals surface area (Å²) in [5.41, 5.74) is 0. The van der Waals surface area contributed by atoms with Crippen LogP contribution in [0.2, 0.25) is 0 Å². The lowest BCUT2D eigenvalue weighted by Crippen LogP contribution is -2.32. The van der Waals surface area contributed by atoms with E-state index in [4.69, 9.17) is 18.9 Å². The van der Waals surface area contributed by atoms with Crippen LogP contribution in [0.25, 0.3) is 0 Å². The van der Waals surface area contributed by atoms with Gasteiger partial charge in [0, 0.05) is 19.6 Å². The van der Waals surface area contributed by atoms with Gasteiger partial charge >= 0.3 is 11.9 Å². The summed E-state index contributed by atoms with van der Waals surface area (Å²) < 4.78 is 24.5. The maximum absolute atomic E-state index is 13.0. The minimum absolute atomic E-state index is 0.00611. The molecule has 1 aliphatic heterocycles. The minimum Gasteiger partial charge on any atom is -0.462 e. The largest absolute Gasteiger partial charge is 0.462 e. The monoisotopic (exact) mass is 768 g/mol. The smallest absolute Gasteiger partial charge is 0.308 e. The van der Waals surface area contributed by atoms with Crippen molar-refractivity contribution < 1.29 is 33.6 Å². The zero-order valence-corrected chi connectivity index (χ0v) is 36.1. The van der Waals surface area contributed by atoms with Gasteiger partial charge in [-0.15, -0.1) is 0 Å². The van der Waals surface area contributed by atoms with Crippen molar-refractivity contribution in [1.29, 1.82) is 0 Å². The third-order valence-corrected chi connectivity index (χ3v) is 11.1. The van der Waals surface area contributed by atoms with Gasteiger partial charge in [-0.3, -0.25) is 14.5 Å². The van der Waals surface area contributed by atoms with Crippen LogP contribution in [0.5, 0.6) is 0 Å². The standard InChI is InChI=1S/C46H89NO7/c1-5-9-13-17-21-25-29-41(30-26-22-18-14-10-6-2)53-45(49)33-37-51-43-39-47(35-36-48)40-44(43)52-38-34-46(50)54-42(31-27-23-19-15-11-7-3)32-28-24-20-16-12-8-4/h41-44,48H,5-40H2,1-4H3/t43-,44+. The fourth-order valence-electron chi connectivity index (χ4n) is 7.67. The van der Waals surface area contributed by atoms with Gasteiger partial charge in [0.2, 0.25) is 0 Å². The second kappa shape index (κ2) is 37.4. The van der Waals surface area contributed by atoms with Crippen molar-refractivity contribution in [3.8, 4) is 0 Å². The Kier molecular flexibility index (Phi) is 35.1. The van der Waals surface area contributed by atoms with E-state index in [1.54, 1.807) is 0 Å². The third-order valence-electron chi connectivity index (χ3n) is 11.1. The summed E-state index contributed by atoms with van der Waals surface area (Å²) in [5, 5.41) is 9.58. The van der Waals surface area contributed by atoms with E-state index in [-0.39, 0.29) is 69.0 Å². The van der Waals surface area contributed by atoms with Gasteiger partial charge in [-0.2, -0.15) is 0 Å². The topological polar surface area (TPSA) is 94.5 Å². The Hall–Kier alpha value is -1.22. The molecule has 0 aromatic carbocycles. The average Bonchev–Trinajstić information content (AvgIpc) is 3.54. The number of carbonyl (C=O) groups is 2. The summed E-state index contributed by atoms with van der Waals surface area (Å²) in [5.74, 6) is -0.363. The van der Waals surface area contributed by atoms with Crippen LogP contribution in [0.15, 0.2) is 0 Å². The first kappa shape index (κ1) is 50.8. The van der Waals surface area contributed by atoms with Crippen LogP contribution >= 0.6 is 0 Å². The Bertz CT molecular complexity index is 746. The molecule has 0 aromatic heterocycles. The van der Waals surface area contributed by atoms with Gasteiger partial charge in [-0.1, -0.05) is 156 Å². The molecule has 0 radical (unpaired) electrons. The number of esters is 2. The maximum atomic E-state index is 13.0. The van der Waals surface area contributed by atoms with E-state index >= 15 is 0 Å². The van der Waals surface area contributed by atoms with Crippen molar-refractivity contribution in [2.24, 2.45) is 0 Å². The van der Waals surface area contributed by atoms with E-state index in [1.807, 2.05) is 0 Å². The second-order valence-corrected chi connectivity index (χ2v) is 16.3. The highest BCUT2D eigenvalue weighted by Crippen LogP contribution is 2.21. The van der Waals surface area contributed by atoms with E-state index in [0.29, 0.717) is 19.6 Å². The van der Waals surface area contributed by atoms with E-state index in [2.05, 4.69) is 32.6 Å². The molecule has 0 aromatic rings. The van der Waals surface area contributed by atoms with Gasteiger partial charge < -0.3 is 24.1 Å². The SMILES string of the molecule is CCCCCCCCC(CCCCCCCC)OC(=O)CCO[C@H]1CN(CCO)C[C@H]1OCCC(=O)OC(CCCCCCCC)CCCCCCCC. The van der Waals surface area contributed by atoms with Gasteiger partial charge in [0.15, 0.2) is 0 Å². The van der Waals surface area contributed by atoms with Crippen molar-refractivity contribution in [2.45, 2.75) is 245 Å². The van der Waals surface area contributed by atoms with Crippen LogP contribution in [0.4, 0.5) is 0 Å². The first-order chi connectivity index (χ1) is 26.5. The lowest BCUT2D eigenvalue weighted by atomic mass is 10.0. The summed E-state index contributed by atoms with van der Waals surface area (Å²) in [6.45, 7) is 11.4. The number of aliphatic hydroxyl groups excluding tert-OH is 1. The minimum atomic E-state index is -0.226. The molecule has 1 aliphatic rings. The lowest BCUT2D eigenvalue weighted by molar-refractivity contribution is -0.154. The molecule has 8 nitrogen and oxygen atoms in total. The van der Waals surface area contributed by atoms with Crippen LogP contribution in [0, 0.1) is 0 Å². The zero-order chi connectivity index (χ0) is 39.3. The number of nitrogens with zero attached hydrogens (tertiary/aromatic N) is 1. The zero-order valence-electron chi connectivity index (χ0n) is 36.1. The Morgan fingerprint density at radius 3 is 1.09 bits per heavy atom. The highest BCUT2D eigenvalue weighted by Gasteiger charge is 2.34. The molecular weight excluding hydrogens is 679 g/mol. The predicted octanol–water partition coefficient (Wildman–Crippen LogP) is 11.7. The average molecular weight is 768 g/mol. The molecule has 0 spiro atoms. The van der Waals surface area contributed by atoms with Crippen molar-refractivity contribution in [1.82, 2.24) is 4.90 Å². The number of hydrogen-bond donors (Lipinski definition) is 1. The van der Waals surface area contributed by atoms with Crippen LogP contribution in [-0.4, -0.2) is 85.8 Å². The fraction of sp³-hybridized carbons (Fsp3) is 0.957. The molecule has 0 amide bonds. The second-order valence-electron chi connectivity index (χ2n) is 16.3. The molecule has 1 N–H and O–H groups in total. The highest BCUT2D eigenvalue weighted by molar-refractivity contribution is 5.70. The fourth-order valence-corrected chi connectivity index (χ4v) is 7.67. The molecule has 1 fully saturated rings. The molecular formula is C46H89NO7. The van der Waals surface area contributed by atoms with Gasteiger partial charge in [0.25, 0.3) is 0 Å². The number of rotatable bonds is 40. The molecule has 320 valence electrons. The van der Waals surface area contributed by atoms with E-state index in [0.717, 1.165) is 51.4 Å². The quantitative estimate of drug-likeness (QED) is 0.0486. The molecule has 54 heavy (non-hydrogen) atoms. The number of likely N-dealkylation sites (tertiary alicyclic amines) is 1. The summed E-state index contributed by atoms with van der Waals surface area (Å²) in [4.78, 5) is 28.1. The molecule has 2 atom stereocenters. The van der Waals surface area contributed by atoms with Gasteiger partial charge in [0.05, 0.1) is 44.9 Å². The Balaban J connectivity index is 2.56. The molecule has 1 saturated heterocycles. The molecule has 0 saturated carbocycles. The molecule has 1 heterocycles. The molecule has 0 bridgehead atoms. The predicted molar refractivity (Wildman–Crippen MR) is 224 cm³/mol. The van der Waals surface area contributed by atoms with Gasteiger partial charge in [-0.05, 0) is 51.4 Å². The van der Waals surface area contributed by atoms with Crippen LogP contribution in [0.3, 0.4) is 0 Å². The Labute approximate surface area is 333 Å². The molecule has 1 rings (SSSR count). The van der Waals surface area contributed by atoms with Crippen LogP contribution in [-0.2, 0) is 28.5 Å². The Morgan fingerprint density at radius 1 is 0.500 bits per heavy atom. The van der Waals surface area contributed by atoms with Gasteiger partial charge in [0.1, 0.15) is 12.2 Å². The van der Waals surface area contributed by atoms with Crippen molar-refractivity contribution in [3.63, 3.8) is 0 Å². The van der Waals surface area contributed by atoms with E-state index in [9.17, 15) is 14.7 Å². The number of ether oxygens (including phenoxy) is 4. The van der Waals surface area contributed by atoms with Crippen molar-refractivity contribution in [2.75, 3.05) is 39.5 Å². The summed E-state index contributed by atoms with van der Waals surface area (Å²) in [6.07, 6.45) is 33.5. The van der Waals surface area contributed by atoms with Crippen LogP contribution in [0.1, 0.15) is 220 Å². The number of β-amino-alcohol motifs (C(OH)–C–C–N with tert-alkyl or cyclic N) is 1. The summed E-state index contributed by atoms with van der Waals surface area (Å²) in [7, 11) is 0. The number of hydrogen-bond acceptors (Lipinski definition) is 8.